The Morgan fingerprint density at radius 1 is 1.38 bits per heavy atom. The lowest BCUT2D eigenvalue weighted by molar-refractivity contribution is -0.157. The Hall–Kier alpha value is -0.950. The number of amides is 2. The highest BCUT2D eigenvalue weighted by Crippen LogP contribution is 2.20. The van der Waals surface area contributed by atoms with Crippen LogP contribution < -0.4 is 5.32 Å². The van der Waals surface area contributed by atoms with E-state index in [-0.39, 0.29) is 31.0 Å². The molecule has 5 nitrogen and oxygen atoms in total. The van der Waals surface area contributed by atoms with Crippen LogP contribution in [0.5, 0.6) is 0 Å². The zero-order valence-corrected chi connectivity index (χ0v) is 12.8. The molecule has 2 amide bonds. The number of hydrogen-bond acceptors (Lipinski definition) is 3. The minimum absolute atomic E-state index is 0.0248. The molecule has 0 aromatic rings. The fourth-order valence-corrected chi connectivity index (χ4v) is 2.19. The van der Waals surface area contributed by atoms with Gasteiger partial charge in [0.15, 0.2) is 0 Å². The van der Waals surface area contributed by atoms with Gasteiger partial charge in [-0.05, 0) is 19.3 Å². The number of halogens is 3. The van der Waals surface area contributed by atoms with Gasteiger partial charge in [0, 0.05) is 33.2 Å². The van der Waals surface area contributed by atoms with E-state index in [4.69, 9.17) is 16.3 Å². The summed E-state index contributed by atoms with van der Waals surface area (Å²) in [6.45, 7) is 2.16. The molecule has 0 radical (unpaired) electrons. The highest BCUT2D eigenvalue weighted by molar-refractivity contribution is 6.27. The quantitative estimate of drug-likeness (QED) is 0.568. The number of piperidine rings is 1. The SMILES string of the molecule is CC(F)(F)C(=O)N1CCC(OCCCNC(=O)CCl)CC1. The molecule has 0 atom stereocenters. The van der Waals surface area contributed by atoms with Gasteiger partial charge in [0.1, 0.15) is 5.88 Å². The van der Waals surface area contributed by atoms with Crippen LogP contribution in [0.2, 0.25) is 0 Å². The van der Waals surface area contributed by atoms with Gasteiger partial charge in [0.2, 0.25) is 5.91 Å². The van der Waals surface area contributed by atoms with Crippen LogP contribution in [-0.2, 0) is 14.3 Å². The zero-order valence-electron chi connectivity index (χ0n) is 12.0. The number of carbonyl (C=O) groups is 2. The maximum absolute atomic E-state index is 12.9. The van der Waals surface area contributed by atoms with E-state index >= 15 is 0 Å². The Balaban J connectivity index is 2.14. The van der Waals surface area contributed by atoms with Crippen LogP contribution in [0.4, 0.5) is 8.78 Å². The summed E-state index contributed by atoms with van der Waals surface area (Å²) in [4.78, 5) is 23.5. The van der Waals surface area contributed by atoms with Crippen molar-refractivity contribution in [3.63, 3.8) is 0 Å². The Kier molecular flexibility index (Phi) is 7.31. The fraction of sp³-hybridized carbons (Fsp3) is 0.846. The first kappa shape index (κ1) is 18.1. The van der Waals surface area contributed by atoms with Crippen LogP contribution in [0.25, 0.3) is 0 Å². The molecule has 122 valence electrons. The molecule has 0 spiro atoms. The Morgan fingerprint density at radius 2 is 2.00 bits per heavy atom. The summed E-state index contributed by atoms with van der Waals surface area (Å²) < 4.78 is 31.4. The van der Waals surface area contributed by atoms with Crippen molar-refractivity contribution in [3.05, 3.63) is 0 Å². The average molecular weight is 327 g/mol. The zero-order chi connectivity index (χ0) is 15.9. The van der Waals surface area contributed by atoms with Crippen molar-refractivity contribution in [3.8, 4) is 0 Å². The third-order valence-corrected chi connectivity index (χ3v) is 3.47. The Labute approximate surface area is 127 Å². The van der Waals surface area contributed by atoms with Crippen LogP contribution >= 0.6 is 11.6 Å². The summed E-state index contributed by atoms with van der Waals surface area (Å²) in [7, 11) is 0. The molecule has 21 heavy (non-hydrogen) atoms. The normalized spacial score (nSPS) is 16.9. The first-order valence-electron chi connectivity index (χ1n) is 6.96. The molecule has 1 aliphatic heterocycles. The second-order valence-corrected chi connectivity index (χ2v) is 5.36. The van der Waals surface area contributed by atoms with Crippen molar-refractivity contribution in [2.24, 2.45) is 0 Å². The summed E-state index contributed by atoms with van der Waals surface area (Å²) in [6.07, 6.45) is 1.74. The topological polar surface area (TPSA) is 58.6 Å². The molecule has 1 fully saturated rings. The van der Waals surface area contributed by atoms with E-state index in [1.165, 1.54) is 4.90 Å². The minimum Gasteiger partial charge on any atom is -0.378 e. The van der Waals surface area contributed by atoms with Gasteiger partial charge in [-0.1, -0.05) is 0 Å². The molecular formula is C13H21ClF2N2O3. The predicted octanol–water partition coefficient (Wildman–Crippen LogP) is 1.39. The molecule has 0 bridgehead atoms. The van der Waals surface area contributed by atoms with E-state index in [1.54, 1.807) is 0 Å². The summed E-state index contributed by atoms with van der Waals surface area (Å²) in [5.74, 6) is -4.71. The van der Waals surface area contributed by atoms with Crippen LogP contribution in [-0.4, -0.2) is 60.9 Å². The number of nitrogens with one attached hydrogen (secondary N) is 1. The van der Waals surface area contributed by atoms with Crippen molar-refractivity contribution in [1.29, 1.82) is 0 Å². The van der Waals surface area contributed by atoms with Gasteiger partial charge in [-0.2, -0.15) is 8.78 Å². The van der Waals surface area contributed by atoms with E-state index in [2.05, 4.69) is 5.32 Å². The van der Waals surface area contributed by atoms with Crippen LogP contribution in [0.3, 0.4) is 0 Å². The van der Waals surface area contributed by atoms with Gasteiger partial charge in [-0.25, -0.2) is 0 Å². The summed E-state index contributed by atoms with van der Waals surface area (Å²) >= 11 is 5.33. The average Bonchev–Trinajstić information content (AvgIpc) is 2.45. The number of carbonyl (C=O) groups excluding carboxylic acids is 2. The standard InChI is InChI=1S/C13H21ClF2N2O3/c1-13(15,16)12(20)18-6-3-10(4-7-18)21-8-2-5-17-11(19)9-14/h10H,2-9H2,1H3,(H,17,19). The van der Waals surface area contributed by atoms with Gasteiger partial charge < -0.3 is 15.0 Å². The minimum atomic E-state index is -3.31. The summed E-state index contributed by atoms with van der Waals surface area (Å²) in [5, 5.41) is 2.62. The Morgan fingerprint density at radius 3 is 2.52 bits per heavy atom. The van der Waals surface area contributed by atoms with Crippen LogP contribution in [0.15, 0.2) is 0 Å². The molecule has 0 aliphatic carbocycles. The molecule has 1 aliphatic rings. The van der Waals surface area contributed by atoms with Gasteiger partial charge >= 0.3 is 5.92 Å². The second-order valence-electron chi connectivity index (χ2n) is 5.09. The summed E-state index contributed by atoms with van der Waals surface area (Å²) in [6, 6.07) is 0. The van der Waals surface area contributed by atoms with Crippen molar-refractivity contribution in [2.75, 3.05) is 32.1 Å². The predicted molar refractivity (Wildman–Crippen MR) is 74.5 cm³/mol. The highest BCUT2D eigenvalue weighted by Gasteiger charge is 2.38. The molecule has 0 saturated carbocycles. The van der Waals surface area contributed by atoms with E-state index < -0.39 is 11.8 Å². The van der Waals surface area contributed by atoms with Gasteiger partial charge in [0.25, 0.3) is 5.91 Å². The monoisotopic (exact) mass is 326 g/mol. The molecule has 8 heteroatoms. The van der Waals surface area contributed by atoms with E-state index in [1.807, 2.05) is 0 Å². The number of nitrogens with zero attached hydrogens (tertiary/aromatic N) is 1. The molecular weight excluding hydrogens is 306 g/mol. The number of hydrogen-bond donors (Lipinski definition) is 1. The van der Waals surface area contributed by atoms with Crippen LogP contribution in [0.1, 0.15) is 26.2 Å². The molecule has 0 unspecified atom stereocenters. The molecule has 1 heterocycles. The van der Waals surface area contributed by atoms with Crippen LogP contribution in [0, 0.1) is 0 Å². The molecule has 1 rings (SSSR count). The summed E-state index contributed by atoms with van der Waals surface area (Å²) in [5.41, 5.74) is 0. The highest BCUT2D eigenvalue weighted by atomic mass is 35.5. The smallest absolute Gasteiger partial charge is 0.322 e. The second kappa shape index (κ2) is 8.48. The number of alkyl halides is 3. The number of ether oxygens (including phenoxy) is 1. The van der Waals surface area contributed by atoms with E-state index in [0.717, 1.165) is 0 Å². The molecule has 1 saturated heterocycles. The number of rotatable bonds is 7. The lowest BCUT2D eigenvalue weighted by Gasteiger charge is -2.33. The van der Waals surface area contributed by atoms with Gasteiger partial charge in [-0.3, -0.25) is 9.59 Å². The van der Waals surface area contributed by atoms with E-state index in [9.17, 15) is 18.4 Å². The van der Waals surface area contributed by atoms with Gasteiger partial charge in [0.05, 0.1) is 6.10 Å². The van der Waals surface area contributed by atoms with Crippen molar-refractivity contribution in [2.45, 2.75) is 38.2 Å². The van der Waals surface area contributed by atoms with Crippen molar-refractivity contribution < 1.29 is 23.1 Å². The molecule has 1 N–H and O–H groups in total. The third kappa shape index (κ3) is 6.56. The van der Waals surface area contributed by atoms with Crippen molar-refractivity contribution in [1.82, 2.24) is 10.2 Å². The third-order valence-electron chi connectivity index (χ3n) is 3.22. The van der Waals surface area contributed by atoms with Crippen molar-refractivity contribution >= 4 is 23.4 Å². The molecule has 0 aromatic carbocycles. The van der Waals surface area contributed by atoms with Gasteiger partial charge in [-0.15, -0.1) is 11.6 Å². The largest absolute Gasteiger partial charge is 0.378 e. The lowest BCUT2D eigenvalue weighted by Crippen LogP contribution is -2.47. The molecule has 0 aromatic heterocycles. The first-order chi connectivity index (χ1) is 9.84. The Bertz CT molecular complexity index is 356. The first-order valence-corrected chi connectivity index (χ1v) is 7.49. The van der Waals surface area contributed by atoms with E-state index in [0.29, 0.717) is 39.3 Å². The lowest BCUT2D eigenvalue weighted by atomic mass is 10.1. The number of likely N-dealkylation sites (tertiary alicyclic amines) is 1. The maximum atomic E-state index is 12.9. The fourth-order valence-electron chi connectivity index (χ4n) is 2.10. The maximum Gasteiger partial charge on any atom is 0.322 e.